The quantitative estimate of drug-likeness (QED) is 0.532. The minimum Gasteiger partial charge on any atom is -0.406 e. The predicted octanol–water partition coefficient (Wildman–Crippen LogP) is 5.34. The van der Waals surface area contributed by atoms with Gasteiger partial charge >= 0.3 is 6.36 Å². The zero-order valence-corrected chi connectivity index (χ0v) is 15.0. The van der Waals surface area contributed by atoms with Gasteiger partial charge in [-0.1, -0.05) is 42.1 Å². The van der Waals surface area contributed by atoms with Crippen LogP contribution in [0, 0.1) is 0 Å². The monoisotopic (exact) mass is 391 g/mol. The van der Waals surface area contributed by atoms with Gasteiger partial charge in [-0.25, -0.2) is 0 Å². The van der Waals surface area contributed by atoms with E-state index in [9.17, 15) is 13.2 Å². The zero-order chi connectivity index (χ0) is 18.9. The van der Waals surface area contributed by atoms with Crippen LogP contribution in [0.3, 0.4) is 0 Å². The Labute approximate surface area is 158 Å². The molecule has 4 rings (SSSR count). The van der Waals surface area contributed by atoms with Crippen LogP contribution in [0.4, 0.5) is 13.2 Å². The molecule has 1 saturated carbocycles. The van der Waals surface area contributed by atoms with Crippen LogP contribution in [0.15, 0.2) is 59.8 Å². The van der Waals surface area contributed by atoms with E-state index in [0.29, 0.717) is 11.7 Å². The summed E-state index contributed by atoms with van der Waals surface area (Å²) in [6.45, 7) is 0. The molecule has 3 aromatic rings. The number of hydrogen-bond donors (Lipinski definition) is 0. The lowest BCUT2D eigenvalue weighted by molar-refractivity contribution is -0.274. The standard InChI is InChI=1S/C19H16F3N3OS/c20-19(21,22)26-16-10-6-13(7-11-16)12-27-18-24-23-17(14-8-9-14)25(18)15-4-2-1-3-5-15/h1-7,10-11,14H,8-9,12H2. The summed E-state index contributed by atoms with van der Waals surface area (Å²) in [6.07, 6.45) is -2.44. The van der Waals surface area contributed by atoms with Gasteiger partial charge in [-0.15, -0.1) is 23.4 Å². The molecule has 140 valence electrons. The Balaban J connectivity index is 1.50. The molecule has 0 spiro atoms. The smallest absolute Gasteiger partial charge is 0.406 e. The number of benzene rings is 2. The first-order valence-electron chi connectivity index (χ1n) is 8.48. The Morgan fingerprint density at radius 2 is 1.70 bits per heavy atom. The average molecular weight is 391 g/mol. The molecule has 0 N–H and O–H groups in total. The van der Waals surface area contributed by atoms with Gasteiger partial charge in [0.2, 0.25) is 0 Å². The van der Waals surface area contributed by atoms with Crippen molar-refractivity contribution in [1.29, 1.82) is 0 Å². The molecule has 0 radical (unpaired) electrons. The lowest BCUT2D eigenvalue weighted by Gasteiger charge is -2.10. The minimum absolute atomic E-state index is 0.222. The number of thioether (sulfide) groups is 1. The van der Waals surface area contributed by atoms with Crippen molar-refractivity contribution in [3.8, 4) is 11.4 Å². The van der Waals surface area contributed by atoms with Gasteiger partial charge in [0.15, 0.2) is 5.16 Å². The van der Waals surface area contributed by atoms with Crippen molar-refractivity contribution in [2.24, 2.45) is 0 Å². The van der Waals surface area contributed by atoms with Crippen molar-refractivity contribution in [2.75, 3.05) is 0 Å². The molecule has 1 aliphatic carbocycles. The third-order valence-electron chi connectivity index (χ3n) is 4.14. The van der Waals surface area contributed by atoms with E-state index >= 15 is 0 Å². The Morgan fingerprint density at radius 1 is 1.00 bits per heavy atom. The molecular weight excluding hydrogens is 375 g/mol. The van der Waals surface area contributed by atoms with Gasteiger partial charge in [-0.2, -0.15) is 0 Å². The lowest BCUT2D eigenvalue weighted by Crippen LogP contribution is -2.16. The molecule has 1 fully saturated rings. The van der Waals surface area contributed by atoms with Crippen LogP contribution >= 0.6 is 11.8 Å². The largest absolute Gasteiger partial charge is 0.573 e. The predicted molar refractivity (Wildman–Crippen MR) is 96.0 cm³/mol. The number of nitrogens with zero attached hydrogens (tertiary/aromatic N) is 3. The molecule has 0 atom stereocenters. The molecule has 0 bridgehead atoms. The highest BCUT2D eigenvalue weighted by Gasteiger charge is 2.31. The Bertz CT molecular complexity index is 906. The van der Waals surface area contributed by atoms with Gasteiger partial charge in [0.05, 0.1) is 0 Å². The van der Waals surface area contributed by atoms with Crippen molar-refractivity contribution >= 4 is 11.8 Å². The van der Waals surface area contributed by atoms with Crippen LogP contribution in [0.5, 0.6) is 5.75 Å². The first-order chi connectivity index (χ1) is 13.0. The van der Waals surface area contributed by atoms with Gasteiger partial charge in [0, 0.05) is 17.4 Å². The number of rotatable bonds is 6. The molecule has 2 aromatic carbocycles. The van der Waals surface area contributed by atoms with E-state index in [2.05, 4.69) is 19.5 Å². The number of hydrogen-bond acceptors (Lipinski definition) is 4. The van der Waals surface area contributed by atoms with E-state index in [1.54, 1.807) is 12.1 Å². The average Bonchev–Trinajstić information content (AvgIpc) is 3.40. The molecule has 8 heteroatoms. The molecular formula is C19H16F3N3OS. The maximum Gasteiger partial charge on any atom is 0.573 e. The van der Waals surface area contributed by atoms with Crippen molar-refractivity contribution in [2.45, 2.75) is 36.0 Å². The Kier molecular flexibility index (Phi) is 4.82. The summed E-state index contributed by atoms with van der Waals surface area (Å²) in [5, 5.41) is 9.48. The van der Waals surface area contributed by atoms with Crippen molar-refractivity contribution in [3.63, 3.8) is 0 Å². The summed E-state index contributed by atoms with van der Waals surface area (Å²) < 4.78 is 42.7. The molecule has 27 heavy (non-hydrogen) atoms. The van der Waals surface area contributed by atoms with E-state index in [4.69, 9.17) is 0 Å². The normalized spacial score (nSPS) is 14.3. The number of alkyl halides is 3. The van der Waals surface area contributed by atoms with E-state index in [-0.39, 0.29) is 5.75 Å². The number of halogens is 3. The van der Waals surface area contributed by atoms with Crippen LogP contribution in [-0.2, 0) is 5.75 Å². The molecule has 4 nitrogen and oxygen atoms in total. The maximum atomic E-state index is 12.2. The molecule has 1 aliphatic rings. The summed E-state index contributed by atoms with van der Waals surface area (Å²) >= 11 is 1.51. The summed E-state index contributed by atoms with van der Waals surface area (Å²) in [6, 6.07) is 15.8. The fourth-order valence-electron chi connectivity index (χ4n) is 2.74. The maximum absolute atomic E-state index is 12.2. The van der Waals surface area contributed by atoms with E-state index in [1.165, 1.54) is 23.9 Å². The minimum atomic E-state index is -4.68. The molecule has 0 amide bonds. The molecule has 0 unspecified atom stereocenters. The fourth-order valence-corrected chi connectivity index (χ4v) is 3.65. The Hall–Kier alpha value is -2.48. The van der Waals surface area contributed by atoms with Crippen LogP contribution < -0.4 is 4.74 Å². The van der Waals surface area contributed by atoms with Crippen LogP contribution in [0.1, 0.15) is 30.1 Å². The van der Waals surface area contributed by atoms with Crippen LogP contribution in [0.25, 0.3) is 5.69 Å². The molecule has 1 aromatic heterocycles. The van der Waals surface area contributed by atoms with Gasteiger partial charge in [-0.3, -0.25) is 4.57 Å². The summed E-state index contributed by atoms with van der Waals surface area (Å²) in [7, 11) is 0. The summed E-state index contributed by atoms with van der Waals surface area (Å²) in [4.78, 5) is 0. The third kappa shape index (κ3) is 4.44. The van der Waals surface area contributed by atoms with Crippen molar-refractivity contribution in [1.82, 2.24) is 14.8 Å². The molecule has 1 heterocycles. The molecule has 0 aliphatic heterocycles. The number of aromatic nitrogens is 3. The van der Waals surface area contributed by atoms with Gasteiger partial charge in [-0.05, 0) is 42.7 Å². The summed E-state index contributed by atoms with van der Waals surface area (Å²) in [5.74, 6) is 1.77. The zero-order valence-electron chi connectivity index (χ0n) is 14.2. The number of ether oxygens (including phenoxy) is 1. The second-order valence-corrected chi connectivity index (χ2v) is 7.21. The third-order valence-corrected chi connectivity index (χ3v) is 5.14. The van der Waals surface area contributed by atoms with E-state index in [1.807, 2.05) is 30.3 Å². The van der Waals surface area contributed by atoms with Crippen LogP contribution in [-0.4, -0.2) is 21.1 Å². The van der Waals surface area contributed by atoms with Crippen LogP contribution in [0.2, 0.25) is 0 Å². The topological polar surface area (TPSA) is 39.9 Å². The summed E-state index contributed by atoms with van der Waals surface area (Å²) in [5.41, 5.74) is 1.89. The first kappa shape index (κ1) is 17.9. The van der Waals surface area contributed by atoms with Crippen molar-refractivity contribution < 1.29 is 17.9 Å². The Morgan fingerprint density at radius 3 is 2.33 bits per heavy atom. The van der Waals surface area contributed by atoms with Gasteiger partial charge in [0.1, 0.15) is 11.6 Å². The highest BCUT2D eigenvalue weighted by Crippen LogP contribution is 2.41. The highest BCUT2D eigenvalue weighted by molar-refractivity contribution is 7.98. The first-order valence-corrected chi connectivity index (χ1v) is 9.46. The van der Waals surface area contributed by atoms with Gasteiger partial charge < -0.3 is 4.74 Å². The van der Waals surface area contributed by atoms with E-state index in [0.717, 1.165) is 35.1 Å². The van der Waals surface area contributed by atoms with E-state index < -0.39 is 6.36 Å². The molecule has 0 saturated heterocycles. The lowest BCUT2D eigenvalue weighted by atomic mass is 10.2. The fraction of sp³-hybridized carbons (Fsp3) is 0.263. The van der Waals surface area contributed by atoms with Crippen molar-refractivity contribution in [3.05, 3.63) is 66.0 Å². The van der Waals surface area contributed by atoms with Gasteiger partial charge in [0.25, 0.3) is 0 Å². The SMILES string of the molecule is FC(F)(F)Oc1ccc(CSc2nnc(C3CC3)n2-c2ccccc2)cc1. The second-order valence-electron chi connectivity index (χ2n) is 6.27. The second kappa shape index (κ2) is 7.26. The number of para-hydroxylation sites is 1. The highest BCUT2D eigenvalue weighted by atomic mass is 32.2.